The number of ether oxygens (including phenoxy) is 2. The van der Waals surface area contributed by atoms with E-state index in [0.717, 1.165) is 16.8 Å². The van der Waals surface area contributed by atoms with Gasteiger partial charge in [0.05, 0.1) is 26.0 Å². The Hall–Kier alpha value is -4.07. The molecule has 8 nitrogen and oxygen atoms in total. The molecule has 2 heterocycles. The third kappa shape index (κ3) is 5.06. The Kier molecular flexibility index (Phi) is 6.91. The fourth-order valence-electron chi connectivity index (χ4n) is 3.99. The zero-order chi connectivity index (χ0) is 25.1. The average molecular weight is 475 g/mol. The number of carbonyl (C=O) groups excluding carboxylic acids is 1. The highest BCUT2D eigenvalue weighted by atomic mass is 16.5. The number of methoxy groups -OCH3 is 2. The molecule has 1 N–H and O–H groups in total. The Balaban J connectivity index is 1.45. The van der Waals surface area contributed by atoms with Crippen molar-refractivity contribution in [2.24, 2.45) is 0 Å². The van der Waals surface area contributed by atoms with E-state index in [2.05, 4.69) is 36.4 Å². The van der Waals surface area contributed by atoms with Crippen molar-refractivity contribution in [3.63, 3.8) is 0 Å². The summed E-state index contributed by atoms with van der Waals surface area (Å²) in [5, 5.41) is 7.53. The number of nitrogens with zero attached hydrogens (tertiary/aromatic N) is 3. The molecule has 1 atom stereocenters. The highest BCUT2D eigenvalue weighted by molar-refractivity contribution is 5.76. The highest BCUT2D eigenvalue weighted by Gasteiger charge is 2.14. The molecule has 0 fully saturated rings. The molecular formula is C27H30N4O4. The summed E-state index contributed by atoms with van der Waals surface area (Å²) in [7, 11) is 3.15. The molecule has 182 valence electrons. The van der Waals surface area contributed by atoms with Crippen LogP contribution in [0.3, 0.4) is 0 Å². The summed E-state index contributed by atoms with van der Waals surface area (Å²) in [6.07, 6.45) is 3.58. The fourth-order valence-corrected chi connectivity index (χ4v) is 3.99. The minimum atomic E-state index is -0.225. The first-order chi connectivity index (χ1) is 16.8. The van der Waals surface area contributed by atoms with Gasteiger partial charge in [0.15, 0.2) is 11.5 Å². The molecule has 8 heteroatoms. The Morgan fingerprint density at radius 3 is 2.49 bits per heavy atom. The van der Waals surface area contributed by atoms with Crippen molar-refractivity contribution in [2.45, 2.75) is 39.8 Å². The van der Waals surface area contributed by atoms with E-state index in [1.165, 1.54) is 11.1 Å². The fraction of sp³-hybridized carbons (Fsp3) is 0.296. The van der Waals surface area contributed by atoms with Crippen LogP contribution in [-0.4, -0.2) is 34.3 Å². The van der Waals surface area contributed by atoms with Gasteiger partial charge >= 0.3 is 0 Å². The summed E-state index contributed by atoms with van der Waals surface area (Å²) in [4.78, 5) is 25.6. The highest BCUT2D eigenvalue weighted by Crippen LogP contribution is 2.30. The van der Waals surface area contributed by atoms with Gasteiger partial charge in [-0.25, -0.2) is 4.52 Å². The number of nitrogens with one attached hydrogen (secondary N) is 1. The second kappa shape index (κ2) is 10.0. The van der Waals surface area contributed by atoms with Gasteiger partial charge in [-0.1, -0.05) is 18.2 Å². The summed E-state index contributed by atoms with van der Waals surface area (Å²) in [5.41, 5.74) is 5.27. The molecule has 0 saturated carbocycles. The quantitative estimate of drug-likeness (QED) is 0.416. The minimum absolute atomic E-state index is 0.150. The van der Waals surface area contributed by atoms with E-state index in [1.807, 2.05) is 31.2 Å². The standard InChI is InChI=1S/C27H30N4O4/c1-17-6-7-21(14-18(17)2)22-16-23-27(33)30(12-13-31(23)29-22)11-10-26(32)28-19(3)20-8-9-24(34-4)25(15-20)35-5/h6-9,12-16,19H,10-11H2,1-5H3,(H,28,32). The van der Waals surface area contributed by atoms with Crippen LogP contribution >= 0.6 is 0 Å². The normalized spacial score (nSPS) is 11.9. The molecule has 0 aliphatic heterocycles. The van der Waals surface area contributed by atoms with Crippen molar-refractivity contribution in [1.29, 1.82) is 0 Å². The van der Waals surface area contributed by atoms with Crippen LogP contribution in [0.4, 0.5) is 0 Å². The van der Waals surface area contributed by atoms with E-state index in [-0.39, 0.29) is 30.5 Å². The van der Waals surface area contributed by atoms with Crippen LogP contribution in [0.25, 0.3) is 16.8 Å². The molecule has 2 aromatic heterocycles. The molecule has 0 bridgehead atoms. The van der Waals surface area contributed by atoms with Crippen LogP contribution < -0.4 is 20.3 Å². The predicted octanol–water partition coefficient (Wildman–Crippen LogP) is 4.06. The number of hydrogen-bond donors (Lipinski definition) is 1. The number of fused-ring (bicyclic) bond motifs is 1. The number of benzene rings is 2. The number of hydrogen-bond acceptors (Lipinski definition) is 5. The van der Waals surface area contributed by atoms with Crippen LogP contribution in [0, 0.1) is 13.8 Å². The second-order valence-corrected chi connectivity index (χ2v) is 8.61. The molecule has 0 radical (unpaired) electrons. The lowest BCUT2D eigenvalue weighted by Gasteiger charge is -2.17. The number of rotatable bonds is 8. The molecule has 0 aliphatic rings. The molecule has 0 saturated heterocycles. The van der Waals surface area contributed by atoms with Crippen molar-refractivity contribution in [1.82, 2.24) is 19.5 Å². The third-order valence-corrected chi connectivity index (χ3v) is 6.27. The maximum Gasteiger partial charge on any atom is 0.276 e. The first-order valence-corrected chi connectivity index (χ1v) is 11.5. The van der Waals surface area contributed by atoms with Crippen LogP contribution in [0.2, 0.25) is 0 Å². The van der Waals surface area contributed by atoms with Crippen LogP contribution in [0.5, 0.6) is 11.5 Å². The SMILES string of the molecule is COc1ccc(C(C)NC(=O)CCn2ccn3nc(-c4ccc(C)c(C)c4)cc3c2=O)cc1OC. The smallest absolute Gasteiger partial charge is 0.276 e. The molecule has 1 amide bonds. The van der Waals surface area contributed by atoms with E-state index in [0.29, 0.717) is 17.0 Å². The Morgan fingerprint density at radius 2 is 1.77 bits per heavy atom. The van der Waals surface area contributed by atoms with Crippen molar-refractivity contribution < 1.29 is 14.3 Å². The Bertz CT molecular complexity index is 1440. The molecule has 0 aliphatic carbocycles. The first kappa shape index (κ1) is 24.1. The molecular weight excluding hydrogens is 444 g/mol. The lowest BCUT2D eigenvalue weighted by Crippen LogP contribution is -2.29. The average Bonchev–Trinajstić information content (AvgIpc) is 3.30. The summed E-state index contributed by atoms with van der Waals surface area (Å²) < 4.78 is 13.7. The summed E-state index contributed by atoms with van der Waals surface area (Å²) in [6, 6.07) is 13.2. The van der Waals surface area contributed by atoms with Crippen molar-refractivity contribution in [3.8, 4) is 22.8 Å². The maximum atomic E-state index is 13.0. The molecule has 2 aromatic carbocycles. The van der Waals surface area contributed by atoms with E-state index < -0.39 is 0 Å². The summed E-state index contributed by atoms with van der Waals surface area (Å²) >= 11 is 0. The van der Waals surface area contributed by atoms with E-state index >= 15 is 0 Å². The van der Waals surface area contributed by atoms with Crippen molar-refractivity contribution >= 4 is 11.4 Å². The van der Waals surface area contributed by atoms with Gasteiger partial charge in [0.1, 0.15) is 5.52 Å². The molecule has 4 aromatic rings. The van der Waals surface area contributed by atoms with Crippen LogP contribution in [0.1, 0.15) is 36.1 Å². The van der Waals surface area contributed by atoms with Gasteiger partial charge < -0.3 is 19.4 Å². The van der Waals surface area contributed by atoms with Crippen molar-refractivity contribution in [3.05, 3.63) is 81.9 Å². The lowest BCUT2D eigenvalue weighted by atomic mass is 10.0. The van der Waals surface area contributed by atoms with Gasteiger partial charge in [-0.3, -0.25) is 9.59 Å². The number of aromatic nitrogens is 3. The Morgan fingerprint density at radius 1 is 1.00 bits per heavy atom. The lowest BCUT2D eigenvalue weighted by molar-refractivity contribution is -0.121. The van der Waals surface area contributed by atoms with Gasteiger partial charge in [-0.2, -0.15) is 5.10 Å². The van der Waals surface area contributed by atoms with Gasteiger partial charge in [-0.15, -0.1) is 0 Å². The predicted molar refractivity (Wildman–Crippen MR) is 135 cm³/mol. The second-order valence-electron chi connectivity index (χ2n) is 8.61. The van der Waals surface area contributed by atoms with E-state index in [4.69, 9.17) is 9.47 Å². The maximum absolute atomic E-state index is 13.0. The topological polar surface area (TPSA) is 86.9 Å². The first-order valence-electron chi connectivity index (χ1n) is 11.5. The summed E-state index contributed by atoms with van der Waals surface area (Å²) in [6.45, 7) is 6.28. The molecule has 0 spiro atoms. The summed E-state index contributed by atoms with van der Waals surface area (Å²) in [5.74, 6) is 1.08. The molecule has 35 heavy (non-hydrogen) atoms. The van der Waals surface area contributed by atoms with Gasteiger partial charge in [0.2, 0.25) is 5.91 Å². The van der Waals surface area contributed by atoms with E-state index in [1.54, 1.807) is 41.8 Å². The van der Waals surface area contributed by atoms with Gasteiger partial charge in [-0.05, 0) is 61.7 Å². The Labute approximate surface area is 204 Å². The van der Waals surface area contributed by atoms with Crippen LogP contribution in [0.15, 0.2) is 59.7 Å². The third-order valence-electron chi connectivity index (χ3n) is 6.27. The zero-order valence-corrected chi connectivity index (χ0v) is 20.7. The number of aryl methyl sites for hydroxylation is 3. The van der Waals surface area contributed by atoms with Crippen molar-refractivity contribution in [2.75, 3.05) is 14.2 Å². The van der Waals surface area contributed by atoms with Crippen LogP contribution in [-0.2, 0) is 11.3 Å². The van der Waals surface area contributed by atoms with Gasteiger partial charge in [0, 0.05) is 30.9 Å². The number of amides is 1. The van der Waals surface area contributed by atoms with E-state index in [9.17, 15) is 9.59 Å². The largest absolute Gasteiger partial charge is 0.493 e. The number of carbonyl (C=O) groups is 1. The minimum Gasteiger partial charge on any atom is -0.493 e. The van der Waals surface area contributed by atoms with Gasteiger partial charge in [0.25, 0.3) is 5.56 Å². The zero-order valence-electron chi connectivity index (χ0n) is 20.7. The molecule has 1 unspecified atom stereocenters. The monoisotopic (exact) mass is 474 g/mol. The molecule has 4 rings (SSSR count).